The minimum Gasteiger partial charge on any atom is -0.379 e. The lowest BCUT2D eigenvalue weighted by Crippen LogP contribution is -2.39. The van der Waals surface area contributed by atoms with Crippen LogP contribution in [0.25, 0.3) is 10.9 Å². The lowest BCUT2D eigenvalue weighted by molar-refractivity contribution is 0.154. The molecule has 27 heavy (non-hydrogen) atoms. The highest BCUT2D eigenvalue weighted by atomic mass is 127. The first-order valence-electron chi connectivity index (χ1n) is 8.65. The van der Waals surface area contributed by atoms with E-state index in [4.69, 9.17) is 4.74 Å². The van der Waals surface area contributed by atoms with Crippen molar-refractivity contribution in [2.75, 3.05) is 45.4 Å². The molecule has 0 fully saturated rings. The van der Waals surface area contributed by atoms with Gasteiger partial charge in [-0.3, -0.25) is 4.99 Å². The lowest BCUT2D eigenvalue weighted by Gasteiger charge is -2.12. The maximum atomic E-state index is 11.0. The Morgan fingerprint density at radius 1 is 1.22 bits per heavy atom. The number of ether oxygens (including phenoxy) is 1. The van der Waals surface area contributed by atoms with Gasteiger partial charge in [-0.2, -0.15) is 0 Å². The van der Waals surface area contributed by atoms with Crippen LogP contribution in [0.2, 0.25) is 0 Å². The van der Waals surface area contributed by atoms with E-state index >= 15 is 0 Å². The Bertz CT molecular complexity index is 849. The summed E-state index contributed by atoms with van der Waals surface area (Å²) in [6, 6.07) is 6.42. The van der Waals surface area contributed by atoms with Crippen LogP contribution in [-0.2, 0) is 21.0 Å². The molecule has 3 N–H and O–H groups in total. The number of H-pyrrole nitrogens is 1. The van der Waals surface area contributed by atoms with Crippen LogP contribution in [0, 0.1) is 6.92 Å². The Hall–Kier alpha value is -1.33. The predicted octanol–water partition coefficient (Wildman–Crippen LogP) is 1.86. The van der Waals surface area contributed by atoms with Crippen LogP contribution in [0.3, 0.4) is 0 Å². The summed E-state index contributed by atoms with van der Waals surface area (Å²) in [5.74, 6) is 0.747. The summed E-state index contributed by atoms with van der Waals surface area (Å²) in [7, 11) is -1.25. The zero-order valence-corrected chi connectivity index (χ0v) is 19.2. The molecule has 9 heteroatoms. The van der Waals surface area contributed by atoms with Gasteiger partial charge in [0, 0.05) is 43.5 Å². The highest BCUT2D eigenvalue weighted by Crippen LogP contribution is 2.19. The van der Waals surface area contributed by atoms with Crippen molar-refractivity contribution >= 4 is 50.7 Å². The molecule has 0 saturated carbocycles. The van der Waals surface area contributed by atoms with Gasteiger partial charge in [-0.15, -0.1) is 24.0 Å². The number of sulfone groups is 1. The second-order valence-corrected chi connectivity index (χ2v) is 8.54. The minimum atomic E-state index is -2.97. The first-order chi connectivity index (χ1) is 12.4. The van der Waals surface area contributed by atoms with Gasteiger partial charge in [-0.05, 0) is 30.5 Å². The highest BCUT2D eigenvalue weighted by Gasteiger charge is 2.05. The molecule has 1 aromatic heterocycles. The molecule has 0 atom stereocenters. The molecule has 0 aliphatic carbocycles. The molecule has 0 unspecified atom stereocenters. The van der Waals surface area contributed by atoms with Gasteiger partial charge in [-0.25, -0.2) is 8.42 Å². The number of nitrogens with one attached hydrogen (secondary N) is 3. The zero-order valence-electron chi connectivity index (χ0n) is 16.0. The van der Waals surface area contributed by atoms with Crippen LogP contribution in [0.5, 0.6) is 0 Å². The largest absolute Gasteiger partial charge is 0.379 e. The van der Waals surface area contributed by atoms with E-state index in [0.29, 0.717) is 19.1 Å². The van der Waals surface area contributed by atoms with Crippen molar-refractivity contribution < 1.29 is 13.2 Å². The summed E-state index contributed by atoms with van der Waals surface area (Å²) in [6.07, 6.45) is 4.14. The maximum Gasteiger partial charge on any atom is 0.191 e. The van der Waals surface area contributed by atoms with Crippen LogP contribution >= 0.6 is 24.0 Å². The summed E-state index contributed by atoms with van der Waals surface area (Å²) in [6.45, 7) is 4.05. The van der Waals surface area contributed by atoms with E-state index in [1.807, 2.05) is 0 Å². The van der Waals surface area contributed by atoms with Crippen molar-refractivity contribution in [2.45, 2.75) is 13.3 Å². The Kier molecular flexibility index (Phi) is 10.1. The normalized spacial score (nSPS) is 12.0. The van der Waals surface area contributed by atoms with Gasteiger partial charge >= 0.3 is 0 Å². The van der Waals surface area contributed by atoms with Crippen molar-refractivity contribution in [1.82, 2.24) is 15.6 Å². The van der Waals surface area contributed by atoms with Gasteiger partial charge in [0.2, 0.25) is 0 Å². The molecule has 2 aromatic rings. The molecule has 1 aromatic carbocycles. The zero-order chi connectivity index (χ0) is 19.0. The number of fused-ring (bicyclic) bond motifs is 1. The van der Waals surface area contributed by atoms with Crippen LogP contribution in [0.15, 0.2) is 29.4 Å². The molecule has 0 spiro atoms. The summed E-state index contributed by atoms with van der Waals surface area (Å²) >= 11 is 0. The maximum absolute atomic E-state index is 11.0. The molecule has 0 aliphatic rings. The topological polar surface area (TPSA) is 95.6 Å². The van der Waals surface area contributed by atoms with Gasteiger partial charge < -0.3 is 20.4 Å². The average Bonchev–Trinajstić information content (AvgIpc) is 2.97. The molecule has 7 nitrogen and oxygen atoms in total. The van der Waals surface area contributed by atoms with Crippen LogP contribution in [0.1, 0.15) is 11.1 Å². The molecule has 2 rings (SSSR count). The number of aromatic amines is 1. The Morgan fingerprint density at radius 3 is 2.67 bits per heavy atom. The summed E-state index contributed by atoms with van der Waals surface area (Å²) in [5, 5.41) is 7.67. The Labute approximate surface area is 178 Å². The van der Waals surface area contributed by atoms with E-state index in [-0.39, 0.29) is 36.3 Å². The first kappa shape index (κ1) is 23.7. The number of rotatable bonds is 9. The SMILES string of the molecule is CN=C(NCCOCCS(C)(=O)=O)NCCc1c[nH]c2cc(C)ccc12.I. The quantitative estimate of drug-likeness (QED) is 0.208. The van der Waals surface area contributed by atoms with Gasteiger partial charge in [0.1, 0.15) is 9.84 Å². The number of halogens is 1. The monoisotopic (exact) mass is 508 g/mol. The number of benzene rings is 1. The molecule has 0 amide bonds. The third-order valence-electron chi connectivity index (χ3n) is 3.97. The number of hydrogen-bond acceptors (Lipinski definition) is 4. The smallest absolute Gasteiger partial charge is 0.191 e. The molecule has 0 bridgehead atoms. The first-order valence-corrected chi connectivity index (χ1v) is 10.7. The number of aromatic nitrogens is 1. The number of nitrogens with zero attached hydrogens (tertiary/aromatic N) is 1. The number of guanidine groups is 1. The fraction of sp³-hybridized carbons (Fsp3) is 0.500. The Balaban J connectivity index is 0.00000364. The van der Waals surface area contributed by atoms with Crippen molar-refractivity contribution in [3.8, 4) is 0 Å². The van der Waals surface area contributed by atoms with Crippen LogP contribution in [0.4, 0.5) is 0 Å². The van der Waals surface area contributed by atoms with E-state index in [1.165, 1.54) is 22.8 Å². The summed E-state index contributed by atoms with van der Waals surface area (Å²) in [5.41, 5.74) is 3.67. The third kappa shape index (κ3) is 8.48. The van der Waals surface area contributed by atoms with Crippen LogP contribution < -0.4 is 10.6 Å². The molecular formula is C18H29IN4O3S. The van der Waals surface area contributed by atoms with Gasteiger partial charge in [0.15, 0.2) is 5.96 Å². The molecule has 152 valence electrons. The van der Waals surface area contributed by atoms with Crippen molar-refractivity contribution in [1.29, 1.82) is 0 Å². The molecular weight excluding hydrogens is 479 g/mol. The molecule has 1 heterocycles. The van der Waals surface area contributed by atoms with E-state index in [2.05, 4.69) is 51.9 Å². The number of aliphatic imine (C=N–C) groups is 1. The fourth-order valence-electron chi connectivity index (χ4n) is 2.60. The van der Waals surface area contributed by atoms with E-state index in [1.54, 1.807) is 7.05 Å². The molecule has 0 saturated heterocycles. The second-order valence-electron chi connectivity index (χ2n) is 6.28. The molecule has 0 aliphatic heterocycles. The van der Waals surface area contributed by atoms with E-state index < -0.39 is 9.84 Å². The fourth-order valence-corrected chi connectivity index (χ4v) is 3.02. The predicted molar refractivity (Wildman–Crippen MR) is 122 cm³/mol. The summed E-state index contributed by atoms with van der Waals surface area (Å²) in [4.78, 5) is 7.49. The number of aryl methyl sites for hydroxylation is 1. The molecule has 0 radical (unpaired) electrons. The second kappa shape index (κ2) is 11.5. The van der Waals surface area contributed by atoms with E-state index in [0.717, 1.165) is 18.5 Å². The van der Waals surface area contributed by atoms with Gasteiger partial charge in [0.25, 0.3) is 0 Å². The highest BCUT2D eigenvalue weighted by molar-refractivity contribution is 14.0. The van der Waals surface area contributed by atoms with Gasteiger partial charge in [0.05, 0.1) is 19.0 Å². The summed E-state index contributed by atoms with van der Waals surface area (Å²) < 4.78 is 27.3. The van der Waals surface area contributed by atoms with Crippen molar-refractivity contribution in [3.05, 3.63) is 35.5 Å². The van der Waals surface area contributed by atoms with Crippen molar-refractivity contribution in [2.24, 2.45) is 4.99 Å². The Morgan fingerprint density at radius 2 is 1.96 bits per heavy atom. The van der Waals surface area contributed by atoms with Gasteiger partial charge in [-0.1, -0.05) is 12.1 Å². The lowest BCUT2D eigenvalue weighted by atomic mass is 10.1. The average molecular weight is 508 g/mol. The standard InChI is InChI=1S/C18H28N4O3S.HI/c1-14-4-5-16-15(13-22-17(16)12-14)6-7-20-18(19-2)21-8-9-25-10-11-26(3,23)24;/h4-5,12-13,22H,6-11H2,1-3H3,(H2,19,20,21);1H. The van der Waals surface area contributed by atoms with Crippen LogP contribution in [-0.4, -0.2) is 64.7 Å². The third-order valence-corrected chi connectivity index (χ3v) is 4.88. The number of hydrogen-bond donors (Lipinski definition) is 3. The minimum absolute atomic E-state index is 0. The van der Waals surface area contributed by atoms with Crippen molar-refractivity contribution in [3.63, 3.8) is 0 Å². The van der Waals surface area contributed by atoms with E-state index in [9.17, 15) is 8.42 Å².